The van der Waals surface area contributed by atoms with Gasteiger partial charge in [0.05, 0.1) is 11.3 Å². The number of anilines is 1. The van der Waals surface area contributed by atoms with Gasteiger partial charge in [-0.15, -0.1) is 11.3 Å². The summed E-state index contributed by atoms with van der Waals surface area (Å²) in [6.45, 7) is -0.888. The predicted molar refractivity (Wildman–Crippen MR) is 116 cm³/mol. The Balaban J connectivity index is 1.61. The van der Waals surface area contributed by atoms with E-state index in [1.54, 1.807) is 6.07 Å². The summed E-state index contributed by atoms with van der Waals surface area (Å²) in [5.74, 6) is -0.806. The number of aryl methyl sites for hydroxylation is 1. The third-order valence-corrected chi connectivity index (χ3v) is 5.10. The van der Waals surface area contributed by atoms with E-state index < -0.39 is 12.5 Å². The maximum absolute atomic E-state index is 12.5. The predicted octanol–water partition coefficient (Wildman–Crippen LogP) is 4.73. The van der Waals surface area contributed by atoms with Crippen LogP contribution in [0.2, 0.25) is 0 Å². The van der Waals surface area contributed by atoms with Gasteiger partial charge in [-0.2, -0.15) is 8.78 Å². The highest BCUT2D eigenvalue weighted by Gasteiger charge is 2.17. The molecule has 162 valence electrons. The van der Waals surface area contributed by atoms with Crippen LogP contribution in [0.4, 0.5) is 13.9 Å². The summed E-state index contributed by atoms with van der Waals surface area (Å²) in [7, 11) is 0. The molecular weight excluding hydrogens is 424 g/mol. The van der Waals surface area contributed by atoms with Crippen LogP contribution in [0.5, 0.6) is 5.75 Å². The number of benzene rings is 2. The SMILES string of the molecule is CC(=O)NCCCc1ccc(-c2csc(NC(=O)c3ccccc3OC(F)F)n2)cc1. The number of thiazole rings is 1. The molecule has 3 aromatic rings. The highest BCUT2D eigenvalue weighted by molar-refractivity contribution is 7.14. The Bertz CT molecular complexity index is 1040. The van der Waals surface area contributed by atoms with Gasteiger partial charge in [0.1, 0.15) is 5.75 Å². The highest BCUT2D eigenvalue weighted by Crippen LogP contribution is 2.27. The topological polar surface area (TPSA) is 80.3 Å². The Kier molecular flexibility index (Phi) is 7.66. The summed E-state index contributed by atoms with van der Waals surface area (Å²) in [6.07, 6.45) is 1.70. The number of para-hydroxylation sites is 1. The van der Waals surface area contributed by atoms with Crippen LogP contribution in [-0.2, 0) is 11.2 Å². The van der Waals surface area contributed by atoms with Crippen molar-refractivity contribution < 1.29 is 23.1 Å². The molecule has 0 saturated heterocycles. The van der Waals surface area contributed by atoms with E-state index in [0.717, 1.165) is 24.0 Å². The normalized spacial score (nSPS) is 10.7. The van der Waals surface area contributed by atoms with Crippen molar-refractivity contribution in [2.24, 2.45) is 0 Å². The molecule has 2 aromatic carbocycles. The van der Waals surface area contributed by atoms with Crippen LogP contribution in [0, 0.1) is 0 Å². The average molecular weight is 445 g/mol. The number of ether oxygens (including phenoxy) is 1. The lowest BCUT2D eigenvalue weighted by Gasteiger charge is -2.09. The molecular formula is C22H21F2N3O3S. The molecule has 0 aliphatic rings. The minimum absolute atomic E-state index is 0.00293. The number of nitrogens with one attached hydrogen (secondary N) is 2. The Hall–Kier alpha value is -3.33. The Labute approximate surface area is 182 Å². The number of amides is 2. The first-order valence-corrected chi connectivity index (χ1v) is 10.4. The number of nitrogens with zero attached hydrogens (tertiary/aromatic N) is 1. The third-order valence-electron chi connectivity index (χ3n) is 4.34. The number of rotatable bonds is 9. The molecule has 0 aliphatic heterocycles. The summed E-state index contributed by atoms with van der Waals surface area (Å²) >= 11 is 1.24. The second kappa shape index (κ2) is 10.6. The highest BCUT2D eigenvalue weighted by atomic mass is 32.1. The summed E-state index contributed by atoms with van der Waals surface area (Å²) in [5, 5.41) is 7.56. The first-order chi connectivity index (χ1) is 14.9. The van der Waals surface area contributed by atoms with Gasteiger partial charge in [0.15, 0.2) is 5.13 Å². The van der Waals surface area contributed by atoms with Gasteiger partial charge in [0.2, 0.25) is 5.91 Å². The number of aromatic nitrogens is 1. The molecule has 0 saturated carbocycles. The zero-order chi connectivity index (χ0) is 22.2. The standard InChI is InChI=1S/C22H21F2N3O3S/c1-14(28)25-12-4-5-15-8-10-16(11-9-15)18-13-31-22(26-18)27-20(29)17-6-2-3-7-19(17)30-21(23)24/h2-3,6-11,13,21H,4-5,12H2,1H3,(H,25,28)(H,26,27,29). The molecule has 31 heavy (non-hydrogen) atoms. The van der Waals surface area contributed by atoms with Gasteiger partial charge >= 0.3 is 6.61 Å². The molecule has 9 heteroatoms. The van der Waals surface area contributed by atoms with Crippen molar-refractivity contribution in [3.05, 3.63) is 65.0 Å². The van der Waals surface area contributed by atoms with Crippen LogP contribution in [0.15, 0.2) is 53.9 Å². The van der Waals surface area contributed by atoms with Gasteiger partial charge in [-0.25, -0.2) is 4.98 Å². The molecule has 0 bridgehead atoms. The lowest BCUT2D eigenvalue weighted by Crippen LogP contribution is -2.21. The van der Waals surface area contributed by atoms with E-state index >= 15 is 0 Å². The first kappa shape index (κ1) is 22.4. The number of hydrogen-bond donors (Lipinski definition) is 2. The minimum atomic E-state index is -3.02. The van der Waals surface area contributed by atoms with E-state index in [1.165, 1.54) is 36.5 Å². The van der Waals surface area contributed by atoms with E-state index in [4.69, 9.17) is 0 Å². The first-order valence-electron chi connectivity index (χ1n) is 9.57. The average Bonchev–Trinajstić information content (AvgIpc) is 3.20. The van der Waals surface area contributed by atoms with Crippen molar-refractivity contribution in [2.45, 2.75) is 26.4 Å². The number of carbonyl (C=O) groups excluding carboxylic acids is 2. The maximum Gasteiger partial charge on any atom is 0.387 e. The fourth-order valence-corrected chi connectivity index (χ4v) is 3.59. The second-order valence-corrected chi connectivity index (χ2v) is 7.51. The molecule has 2 amide bonds. The number of carbonyl (C=O) groups is 2. The van der Waals surface area contributed by atoms with Crippen LogP contribution in [0.3, 0.4) is 0 Å². The lowest BCUT2D eigenvalue weighted by atomic mass is 10.1. The summed E-state index contributed by atoms with van der Waals surface area (Å²) in [4.78, 5) is 27.8. The van der Waals surface area contributed by atoms with E-state index in [0.29, 0.717) is 17.4 Å². The van der Waals surface area contributed by atoms with Crippen LogP contribution in [-0.4, -0.2) is 30.0 Å². The second-order valence-electron chi connectivity index (χ2n) is 6.65. The molecule has 6 nitrogen and oxygen atoms in total. The van der Waals surface area contributed by atoms with Gasteiger partial charge in [0.25, 0.3) is 5.91 Å². The Morgan fingerprint density at radius 1 is 1.13 bits per heavy atom. The van der Waals surface area contributed by atoms with Crippen molar-refractivity contribution in [2.75, 3.05) is 11.9 Å². The number of alkyl halides is 2. The van der Waals surface area contributed by atoms with Crippen molar-refractivity contribution in [3.63, 3.8) is 0 Å². The molecule has 0 atom stereocenters. The third kappa shape index (κ3) is 6.58. The van der Waals surface area contributed by atoms with E-state index in [9.17, 15) is 18.4 Å². The fraction of sp³-hybridized carbons (Fsp3) is 0.227. The van der Waals surface area contributed by atoms with Gasteiger partial charge in [-0.05, 0) is 30.5 Å². The molecule has 1 heterocycles. The van der Waals surface area contributed by atoms with E-state index in [1.807, 2.05) is 29.6 Å². The smallest absolute Gasteiger partial charge is 0.387 e. The molecule has 1 aromatic heterocycles. The van der Waals surface area contributed by atoms with Crippen LogP contribution in [0.1, 0.15) is 29.3 Å². The zero-order valence-corrected chi connectivity index (χ0v) is 17.5. The van der Waals surface area contributed by atoms with E-state index in [-0.39, 0.29) is 17.2 Å². The summed E-state index contributed by atoms with van der Waals surface area (Å²) < 4.78 is 29.5. The molecule has 3 rings (SSSR count). The largest absolute Gasteiger partial charge is 0.434 e. The van der Waals surface area contributed by atoms with Gasteiger partial charge in [0, 0.05) is 24.4 Å². The van der Waals surface area contributed by atoms with Crippen molar-refractivity contribution in [3.8, 4) is 17.0 Å². The molecule has 0 radical (unpaired) electrons. The van der Waals surface area contributed by atoms with Gasteiger partial charge in [-0.3, -0.25) is 14.9 Å². The number of halogens is 2. The van der Waals surface area contributed by atoms with Crippen molar-refractivity contribution in [1.29, 1.82) is 0 Å². The van der Waals surface area contributed by atoms with Gasteiger partial charge in [-0.1, -0.05) is 36.4 Å². The fourth-order valence-electron chi connectivity index (χ4n) is 2.88. The molecule has 0 aliphatic carbocycles. The lowest BCUT2D eigenvalue weighted by molar-refractivity contribution is -0.118. The van der Waals surface area contributed by atoms with Crippen molar-refractivity contribution >= 4 is 28.3 Å². The zero-order valence-electron chi connectivity index (χ0n) is 16.7. The van der Waals surface area contributed by atoms with Crippen molar-refractivity contribution in [1.82, 2.24) is 10.3 Å². The monoisotopic (exact) mass is 445 g/mol. The Morgan fingerprint density at radius 2 is 1.87 bits per heavy atom. The minimum Gasteiger partial charge on any atom is -0.434 e. The summed E-state index contributed by atoms with van der Waals surface area (Å²) in [6, 6.07) is 13.7. The van der Waals surface area contributed by atoms with Crippen LogP contribution in [0.25, 0.3) is 11.3 Å². The summed E-state index contributed by atoms with van der Waals surface area (Å²) in [5.41, 5.74) is 2.74. The Morgan fingerprint density at radius 3 is 2.58 bits per heavy atom. The van der Waals surface area contributed by atoms with Crippen LogP contribution < -0.4 is 15.4 Å². The molecule has 0 unspecified atom stereocenters. The maximum atomic E-state index is 12.5. The molecule has 2 N–H and O–H groups in total. The molecule has 0 fully saturated rings. The van der Waals surface area contributed by atoms with Gasteiger partial charge < -0.3 is 10.1 Å². The van der Waals surface area contributed by atoms with E-state index in [2.05, 4.69) is 20.4 Å². The quantitative estimate of drug-likeness (QED) is 0.467. The van der Waals surface area contributed by atoms with Crippen LogP contribution >= 0.6 is 11.3 Å². The molecule has 0 spiro atoms. The number of hydrogen-bond acceptors (Lipinski definition) is 5.